The maximum absolute atomic E-state index is 12.4. The minimum atomic E-state index is -1.27. The highest BCUT2D eigenvalue weighted by Gasteiger charge is 2.43. The van der Waals surface area contributed by atoms with E-state index in [2.05, 4.69) is 10.6 Å². The zero-order chi connectivity index (χ0) is 24.4. The van der Waals surface area contributed by atoms with Gasteiger partial charge in [-0.05, 0) is 44.6 Å². The van der Waals surface area contributed by atoms with E-state index in [9.17, 15) is 24.3 Å². The van der Waals surface area contributed by atoms with Gasteiger partial charge in [0, 0.05) is 0 Å². The summed E-state index contributed by atoms with van der Waals surface area (Å²) in [5, 5.41) is 14.6. The molecule has 1 unspecified atom stereocenters. The molecule has 1 aliphatic carbocycles. The molecule has 0 spiro atoms. The van der Waals surface area contributed by atoms with Gasteiger partial charge in [0.15, 0.2) is 0 Å². The summed E-state index contributed by atoms with van der Waals surface area (Å²) in [6.07, 6.45) is 3.15. The predicted molar refractivity (Wildman–Crippen MR) is 121 cm³/mol. The van der Waals surface area contributed by atoms with Crippen LogP contribution in [-0.2, 0) is 30.5 Å². The molecule has 2 rings (SSSR count). The molecule has 3 atom stereocenters. The van der Waals surface area contributed by atoms with E-state index in [1.807, 2.05) is 30.3 Å². The van der Waals surface area contributed by atoms with Gasteiger partial charge in [0.25, 0.3) is 0 Å². The average molecular weight is 463 g/mol. The van der Waals surface area contributed by atoms with E-state index in [4.69, 9.17) is 16.2 Å². The Morgan fingerprint density at radius 2 is 1.64 bits per heavy atom. The van der Waals surface area contributed by atoms with E-state index in [0.717, 1.165) is 18.4 Å². The summed E-state index contributed by atoms with van der Waals surface area (Å²) in [5.41, 5.74) is 11.4. The van der Waals surface area contributed by atoms with Crippen molar-refractivity contribution < 1.29 is 29.0 Å². The molecule has 1 aromatic rings. The molecule has 7 N–H and O–H groups in total. The zero-order valence-electron chi connectivity index (χ0n) is 18.9. The third kappa shape index (κ3) is 7.83. The van der Waals surface area contributed by atoms with Crippen molar-refractivity contribution in [3.63, 3.8) is 0 Å². The predicted octanol–water partition coefficient (Wildman–Crippen LogP) is 0.573. The first-order chi connectivity index (χ1) is 15.6. The largest absolute Gasteiger partial charge is 0.480 e. The van der Waals surface area contributed by atoms with E-state index in [1.54, 1.807) is 0 Å². The number of carbonyl (C=O) groups is 4. The molecule has 182 valence electrons. The Bertz CT molecular complexity index is 826. The van der Waals surface area contributed by atoms with Crippen molar-refractivity contribution in [3.8, 4) is 0 Å². The van der Waals surface area contributed by atoms with Crippen LogP contribution in [0.1, 0.15) is 57.4 Å². The molecule has 1 aliphatic rings. The first-order valence-electron chi connectivity index (χ1n) is 11.2. The lowest BCUT2D eigenvalue weighted by Crippen LogP contribution is -2.58. The molecule has 1 aromatic carbocycles. The van der Waals surface area contributed by atoms with Crippen molar-refractivity contribution in [2.45, 2.75) is 82.1 Å². The Kier molecular flexibility index (Phi) is 9.80. The fraction of sp³-hybridized carbons (Fsp3) is 0.565. The molecule has 0 radical (unpaired) electrons. The van der Waals surface area contributed by atoms with Gasteiger partial charge in [0.1, 0.15) is 24.2 Å². The van der Waals surface area contributed by atoms with Gasteiger partial charge in [0.05, 0.1) is 6.04 Å². The van der Waals surface area contributed by atoms with E-state index in [0.29, 0.717) is 25.7 Å². The molecule has 33 heavy (non-hydrogen) atoms. The molecule has 0 heterocycles. The van der Waals surface area contributed by atoms with Crippen molar-refractivity contribution >= 4 is 23.8 Å². The standard InChI is InChI=1S/C23H34N4O6/c1-15(19(28)27-23(22(31)32)12-5-6-13-23)26-20(29)17(24)10-7-11-18(25)21(30)33-14-16-8-3-2-4-9-16/h2-4,8-9,15,17-18H,5-7,10-14,24-25H2,1H3,(H,26,29)(H,27,28)(H,31,32)/t15-,17-,18?/m0/s1. The minimum absolute atomic E-state index is 0.137. The molecule has 10 nitrogen and oxygen atoms in total. The smallest absolute Gasteiger partial charge is 0.329 e. The van der Waals surface area contributed by atoms with Gasteiger partial charge in [-0.1, -0.05) is 43.2 Å². The van der Waals surface area contributed by atoms with Crippen molar-refractivity contribution in [2.75, 3.05) is 0 Å². The molecule has 1 saturated carbocycles. The van der Waals surface area contributed by atoms with Crippen LogP contribution in [0.2, 0.25) is 0 Å². The normalized spacial score (nSPS) is 17.4. The summed E-state index contributed by atoms with van der Waals surface area (Å²) in [6, 6.07) is 6.58. The lowest BCUT2D eigenvalue weighted by Gasteiger charge is -2.27. The van der Waals surface area contributed by atoms with Crippen LogP contribution in [0.3, 0.4) is 0 Å². The number of ether oxygens (including phenoxy) is 1. The van der Waals surface area contributed by atoms with Gasteiger partial charge in [-0.2, -0.15) is 0 Å². The highest BCUT2D eigenvalue weighted by molar-refractivity contribution is 5.93. The third-order valence-corrected chi connectivity index (χ3v) is 5.87. The Morgan fingerprint density at radius 3 is 2.24 bits per heavy atom. The van der Waals surface area contributed by atoms with Crippen molar-refractivity contribution in [1.82, 2.24) is 10.6 Å². The second-order valence-corrected chi connectivity index (χ2v) is 8.55. The molecule has 0 saturated heterocycles. The van der Waals surface area contributed by atoms with E-state index < -0.39 is 47.4 Å². The van der Waals surface area contributed by atoms with Gasteiger partial charge >= 0.3 is 11.9 Å². The number of hydrogen-bond donors (Lipinski definition) is 5. The summed E-state index contributed by atoms with van der Waals surface area (Å²) in [6.45, 7) is 1.61. The highest BCUT2D eigenvalue weighted by Crippen LogP contribution is 2.30. The molecule has 0 aromatic heterocycles. The maximum Gasteiger partial charge on any atom is 0.329 e. The Hall–Kier alpha value is -2.98. The lowest BCUT2D eigenvalue weighted by molar-refractivity contribution is -0.148. The minimum Gasteiger partial charge on any atom is -0.480 e. The van der Waals surface area contributed by atoms with Crippen molar-refractivity contribution in [1.29, 1.82) is 0 Å². The van der Waals surface area contributed by atoms with E-state index in [1.165, 1.54) is 6.92 Å². The monoisotopic (exact) mass is 462 g/mol. The number of aliphatic carboxylic acids is 1. The molecule has 0 bridgehead atoms. The molecule has 2 amide bonds. The summed E-state index contributed by atoms with van der Waals surface area (Å²) >= 11 is 0. The first-order valence-corrected chi connectivity index (χ1v) is 11.2. The Balaban J connectivity index is 1.70. The molecule has 1 fully saturated rings. The maximum atomic E-state index is 12.4. The zero-order valence-corrected chi connectivity index (χ0v) is 18.9. The van der Waals surface area contributed by atoms with Crippen LogP contribution in [0, 0.1) is 0 Å². The summed E-state index contributed by atoms with van der Waals surface area (Å²) in [4.78, 5) is 48.3. The van der Waals surface area contributed by atoms with Crippen LogP contribution in [0.5, 0.6) is 0 Å². The number of benzene rings is 1. The van der Waals surface area contributed by atoms with Gasteiger partial charge in [-0.25, -0.2) is 4.79 Å². The number of rotatable bonds is 12. The van der Waals surface area contributed by atoms with Crippen LogP contribution in [-0.4, -0.2) is 52.5 Å². The summed E-state index contributed by atoms with van der Waals surface area (Å²) in [7, 11) is 0. The average Bonchev–Trinajstić information content (AvgIpc) is 3.27. The van der Waals surface area contributed by atoms with E-state index in [-0.39, 0.29) is 13.0 Å². The van der Waals surface area contributed by atoms with Crippen LogP contribution >= 0.6 is 0 Å². The number of carboxylic acids is 1. The quantitative estimate of drug-likeness (QED) is 0.280. The van der Waals surface area contributed by atoms with Crippen LogP contribution in [0.15, 0.2) is 30.3 Å². The highest BCUT2D eigenvalue weighted by atomic mass is 16.5. The molecular weight excluding hydrogens is 428 g/mol. The number of carbonyl (C=O) groups excluding carboxylic acids is 3. The number of carboxylic acid groups (broad SMARTS) is 1. The number of amides is 2. The van der Waals surface area contributed by atoms with Gasteiger partial charge in [-0.3, -0.25) is 14.4 Å². The third-order valence-electron chi connectivity index (χ3n) is 5.87. The second-order valence-electron chi connectivity index (χ2n) is 8.55. The topological polar surface area (TPSA) is 174 Å². The van der Waals surface area contributed by atoms with Gasteiger partial charge in [-0.15, -0.1) is 0 Å². The van der Waals surface area contributed by atoms with E-state index >= 15 is 0 Å². The number of esters is 1. The second kappa shape index (κ2) is 12.3. The molecule has 10 heteroatoms. The number of nitrogens with one attached hydrogen (secondary N) is 2. The lowest BCUT2D eigenvalue weighted by atomic mass is 9.97. The number of hydrogen-bond acceptors (Lipinski definition) is 7. The van der Waals surface area contributed by atoms with Crippen molar-refractivity contribution in [3.05, 3.63) is 35.9 Å². The van der Waals surface area contributed by atoms with Gasteiger partial charge < -0.3 is 31.9 Å². The molecular formula is C23H34N4O6. The van der Waals surface area contributed by atoms with Crippen molar-refractivity contribution in [2.24, 2.45) is 11.5 Å². The van der Waals surface area contributed by atoms with Crippen LogP contribution in [0.4, 0.5) is 0 Å². The summed E-state index contributed by atoms with van der Waals surface area (Å²) in [5.74, 6) is -2.69. The van der Waals surface area contributed by atoms with Crippen LogP contribution < -0.4 is 22.1 Å². The SMILES string of the molecule is C[C@H](NC(=O)[C@@H](N)CCCC(N)C(=O)OCc1ccccc1)C(=O)NC1(C(=O)O)CCCC1. The molecule has 0 aliphatic heterocycles. The number of nitrogens with two attached hydrogens (primary N) is 2. The Labute approximate surface area is 193 Å². The summed E-state index contributed by atoms with van der Waals surface area (Å²) < 4.78 is 5.19. The van der Waals surface area contributed by atoms with Crippen LogP contribution in [0.25, 0.3) is 0 Å². The fourth-order valence-electron chi connectivity index (χ4n) is 3.74. The fourth-order valence-corrected chi connectivity index (χ4v) is 3.74. The Morgan fingerprint density at radius 1 is 1.03 bits per heavy atom. The first kappa shape index (κ1) is 26.3. The van der Waals surface area contributed by atoms with Gasteiger partial charge in [0.2, 0.25) is 11.8 Å².